The second-order valence-electron chi connectivity index (χ2n) is 9.50. The van der Waals surface area contributed by atoms with Crippen molar-refractivity contribution in [3.8, 4) is 22.7 Å². The Bertz CT molecular complexity index is 1690. The fourth-order valence-electron chi connectivity index (χ4n) is 4.18. The standard InChI is InChI=1S/C25H25Cl2F3N4O4S.H2O4S/c1-16-22(24(35)32-33-12-3-2-4-13-33)31-34(21-10-7-18(26)15-20(21)27)23(16)17-5-8-19(9-6-17)38-39(36,37)14-11-25(28,29)30;1-5(2,3)4/h5-10,15H,2-4,11-14H2,1H3,(H,32,35);(H2,1,2,3,4). The summed E-state index contributed by atoms with van der Waals surface area (Å²) >= 11 is 12.5. The van der Waals surface area contributed by atoms with Crippen LogP contribution in [0.1, 0.15) is 41.7 Å². The van der Waals surface area contributed by atoms with Gasteiger partial charge in [-0.05, 0) is 62.2 Å². The van der Waals surface area contributed by atoms with Gasteiger partial charge in [0.15, 0.2) is 5.69 Å². The van der Waals surface area contributed by atoms with E-state index in [1.807, 2.05) is 5.01 Å². The van der Waals surface area contributed by atoms with Crippen molar-refractivity contribution in [1.82, 2.24) is 20.2 Å². The van der Waals surface area contributed by atoms with Crippen molar-refractivity contribution in [2.45, 2.75) is 38.8 Å². The number of nitrogens with zero attached hydrogens (tertiary/aromatic N) is 3. The molecule has 19 heteroatoms. The highest BCUT2D eigenvalue weighted by molar-refractivity contribution is 7.87. The smallest absolute Gasteiger partial charge is 0.382 e. The highest BCUT2D eigenvalue weighted by Gasteiger charge is 2.31. The summed E-state index contributed by atoms with van der Waals surface area (Å²) < 4.78 is 99.2. The molecular weight excluding hydrogens is 676 g/mol. The zero-order valence-corrected chi connectivity index (χ0v) is 26.0. The second kappa shape index (κ2) is 14.4. The van der Waals surface area contributed by atoms with Gasteiger partial charge in [-0.2, -0.15) is 35.1 Å². The Balaban J connectivity index is 0.000000978. The van der Waals surface area contributed by atoms with E-state index in [2.05, 4.69) is 10.5 Å². The summed E-state index contributed by atoms with van der Waals surface area (Å²) in [4.78, 5) is 13.2. The Labute approximate surface area is 261 Å². The molecule has 2 heterocycles. The molecule has 1 aliphatic rings. The van der Waals surface area contributed by atoms with Crippen LogP contribution in [0, 0.1) is 6.92 Å². The lowest BCUT2D eigenvalue weighted by Gasteiger charge is -2.26. The molecule has 1 fully saturated rings. The van der Waals surface area contributed by atoms with E-state index in [1.54, 1.807) is 19.1 Å². The first-order valence-electron chi connectivity index (χ1n) is 12.7. The molecule has 2 aromatic carbocycles. The molecule has 1 saturated heterocycles. The Morgan fingerprint density at radius 3 is 2.16 bits per heavy atom. The third kappa shape index (κ3) is 10.9. The molecule has 0 saturated carbocycles. The summed E-state index contributed by atoms with van der Waals surface area (Å²) in [6, 6.07) is 10.5. The number of hydrogen-bond donors (Lipinski definition) is 3. The molecule has 12 nitrogen and oxygen atoms in total. The minimum absolute atomic E-state index is 0.155. The molecule has 3 N–H and O–H groups in total. The summed E-state index contributed by atoms with van der Waals surface area (Å²) in [6.07, 6.45) is -3.10. The normalized spacial score (nSPS) is 14.5. The van der Waals surface area contributed by atoms with E-state index in [4.69, 9.17) is 44.9 Å². The topological polar surface area (TPSA) is 168 Å². The lowest BCUT2D eigenvalue weighted by atomic mass is 10.1. The van der Waals surface area contributed by atoms with E-state index in [0.29, 0.717) is 27.5 Å². The van der Waals surface area contributed by atoms with Crippen LogP contribution in [0.2, 0.25) is 10.0 Å². The molecule has 0 aliphatic carbocycles. The number of benzene rings is 2. The van der Waals surface area contributed by atoms with Gasteiger partial charge in [-0.15, -0.1) is 0 Å². The molecule has 44 heavy (non-hydrogen) atoms. The Kier molecular flexibility index (Phi) is 11.7. The van der Waals surface area contributed by atoms with Gasteiger partial charge in [-0.25, -0.2) is 9.69 Å². The van der Waals surface area contributed by atoms with E-state index in [9.17, 15) is 26.4 Å². The number of carbonyl (C=O) groups excluding carboxylic acids is 1. The molecule has 1 amide bonds. The van der Waals surface area contributed by atoms with Crippen molar-refractivity contribution < 1.29 is 48.1 Å². The molecule has 242 valence electrons. The number of hydrazine groups is 1. The molecule has 3 aromatic rings. The number of carbonyl (C=O) groups is 1. The highest BCUT2D eigenvalue weighted by atomic mass is 35.5. The second-order valence-corrected chi connectivity index (χ2v) is 12.9. The number of alkyl halides is 3. The molecule has 4 rings (SSSR count). The van der Waals surface area contributed by atoms with Gasteiger partial charge >= 0.3 is 26.7 Å². The van der Waals surface area contributed by atoms with Crippen LogP contribution in [0.15, 0.2) is 42.5 Å². The van der Waals surface area contributed by atoms with E-state index < -0.39 is 44.8 Å². The number of amides is 1. The van der Waals surface area contributed by atoms with Crippen LogP contribution < -0.4 is 9.61 Å². The summed E-state index contributed by atoms with van der Waals surface area (Å²) in [5, 5.41) is 7.10. The van der Waals surface area contributed by atoms with Gasteiger partial charge in [0, 0.05) is 29.2 Å². The number of halogens is 5. The minimum atomic E-state index is -4.67. The molecule has 0 radical (unpaired) electrons. The summed E-state index contributed by atoms with van der Waals surface area (Å²) in [7, 11) is -9.13. The quantitative estimate of drug-likeness (QED) is 0.207. The first-order valence-corrected chi connectivity index (χ1v) is 16.5. The van der Waals surface area contributed by atoms with Gasteiger partial charge in [0.05, 0.1) is 28.6 Å². The van der Waals surface area contributed by atoms with E-state index >= 15 is 0 Å². The van der Waals surface area contributed by atoms with Gasteiger partial charge in [-0.3, -0.25) is 19.3 Å². The number of nitrogens with one attached hydrogen (secondary N) is 1. The third-order valence-corrected chi connectivity index (χ3v) is 7.77. The fourth-order valence-corrected chi connectivity index (χ4v) is 5.64. The SMILES string of the molecule is Cc1c(C(=O)NN2CCCCC2)nn(-c2ccc(Cl)cc2Cl)c1-c1ccc(OS(=O)(=O)CCC(F)(F)F)cc1.O=S(=O)(O)O. The van der Waals surface area contributed by atoms with Gasteiger partial charge in [0.25, 0.3) is 5.91 Å². The molecule has 1 aliphatic heterocycles. The maximum absolute atomic E-state index is 13.2. The van der Waals surface area contributed by atoms with Crippen molar-refractivity contribution in [3.05, 3.63) is 63.8 Å². The third-order valence-electron chi connectivity index (χ3n) is 6.08. The Morgan fingerprint density at radius 2 is 1.61 bits per heavy atom. The molecule has 0 bridgehead atoms. The fraction of sp³-hybridized carbons (Fsp3) is 0.360. The highest BCUT2D eigenvalue weighted by Crippen LogP contribution is 2.34. The maximum Gasteiger partial charge on any atom is 0.394 e. The Morgan fingerprint density at radius 1 is 1.02 bits per heavy atom. The van der Waals surface area contributed by atoms with Crippen LogP contribution in [0.3, 0.4) is 0 Å². The largest absolute Gasteiger partial charge is 0.394 e. The van der Waals surface area contributed by atoms with Crippen LogP contribution in [0.4, 0.5) is 13.2 Å². The van der Waals surface area contributed by atoms with Crippen molar-refractivity contribution in [3.63, 3.8) is 0 Å². The van der Waals surface area contributed by atoms with Gasteiger partial charge in [0.1, 0.15) is 5.75 Å². The van der Waals surface area contributed by atoms with Gasteiger partial charge < -0.3 is 4.18 Å². The van der Waals surface area contributed by atoms with Crippen molar-refractivity contribution in [2.24, 2.45) is 0 Å². The van der Waals surface area contributed by atoms with E-state index in [-0.39, 0.29) is 16.5 Å². The number of hydrogen-bond acceptors (Lipinski definition) is 8. The van der Waals surface area contributed by atoms with Crippen molar-refractivity contribution in [1.29, 1.82) is 0 Å². The van der Waals surface area contributed by atoms with Crippen LogP contribution in [0.5, 0.6) is 5.75 Å². The zero-order valence-electron chi connectivity index (χ0n) is 22.9. The maximum atomic E-state index is 13.2. The first-order chi connectivity index (χ1) is 20.3. The average Bonchev–Trinajstić information content (AvgIpc) is 3.24. The number of rotatable bonds is 8. The van der Waals surface area contributed by atoms with Crippen LogP contribution in [-0.2, 0) is 20.5 Å². The molecule has 0 atom stereocenters. The molecule has 1 aromatic heterocycles. The number of piperidine rings is 1. The molecule has 0 unspecified atom stereocenters. The number of aromatic nitrogens is 2. The van der Waals surface area contributed by atoms with Crippen molar-refractivity contribution >= 4 is 49.6 Å². The summed E-state index contributed by atoms with van der Waals surface area (Å²) in [5.41, 5.74) is 5.07. The Hall–Kier alpha value is -2.93. The van der Waals surface area contributed by atoms with Crippen LogP contribution >= 0.6 is 23.2 Å². The van der Waals surface area contributed by atoms with E-state index in [1.165, 1.54) is 35.0 Å². The van der Waals surface area contributed by atoms with Gasteiger partial charge in [-0.1, -0.05) is 29.6 Å². The van der Waals surface area contributed by atoms with Crippen LogP contribution in [0.25, 0.3) is 16.9 Å². The van der Waals surface area contributed by atoms with Gasteiger partial charge in [0.2, 0.25) is 0 Å². The predicted octanol–water partition coefficient (Wildman–Crippen LogP) is 5.29. The first kappa shape index (κ1) is 35.5. The monoisotopic (exact) mass is 702 g/mol. The van der Waals surface area contributed by atoms with Crippen LogP contribution in [-0.4, -0.2) is 71.7 Å². The predicted molar refractivity (Wildman–Crippen MR) is 156 cm³/mol. The van der Waals surface area contributed by atoms with Crippen molar-refractivity contribution in [2.75, 3.05) is 18.8 Å². The lowest BCUT2D eigenvalue weighted by Crippen LogP contribution is -2.45. The lowest BCUT2D eigenvalue weighted by molar-refractivity contribution is -0.130. The summed E-state index contributed by atoms with van der Waals surface area (Å²) in [5.74, 6) is -1.75. The minimum Gasteiger partial charge on any atom is -0.382 e. The van der Waals surface area contributed by atoms with E-state index in [0.717, 1.165) is 32.4 Å². The molecular formula is C25H27Cl2F3N4O8S2. The zero-order chi connectivity index (χ0) is 32.9. The molecule has 0 spiro atoms. The average molecular weight is 704 g/mol. The summed E-state index contributed by atoms with van der Waals surface area (Å²) in [6.45, 7) is 3.18.